The third kappa shape index (κ3) is 58.5. The number of unbranched alkanes of at least 4 members (excludes halogenated alkanes) is 42. The standard InChI is InChI=1S/C66H122O6/c1-4-7-10-13-16-18-20-22-23-24-25-26-27-28-29-30-31-32-33-34-35-36-37-38-39-40-41-42-43-44-46-47-50-53-56-59-65(68)71-62-63(61-70-64(67)58-55-52-49-15-12-9-6-3)72-66(69)60-57-54-51-48-45-21-19-17-14-11-8-5-2/h17,19-20,22,24-25,63H,4-16,18,21,23,26-62H2,1-3H3/b19-17-,22-20-,25-24-. The SMILES string of the molecule is CCCCC/C=C\CCCCCCCC(=O)OC(COC(=O)CCCCCCCCC)COC(=O)CCCCCCCCCCCCCCCCCCCCCCCCC/C=C\C/C=C\CCCCCCC. The van der Waals surface area contributed by atoms with Gasteiger partial charge in [-0.1, -0.05) is 288 Å². The van der Waals surface area contributed by atoms with Crippen LogP contribution in [0.25, 0.3) is 0 Å². The summed E-state index contributed by atoms with van der Waals surface area (Å²) in [4.78, 5) is 37.9. The number of ether oxygens (including phenoxy) is 3. The summed E-state index contributed by atoms with van der Waals surface area (Å²) in [6.07, 6.45) is 74.9. The van der Waals surface area contributed by atoms with Gasteiger partial charge >= 0.3 is 17.9 Å². The van der Waals surface area contributed by atoms with Crippen molar-refractivity contribution in [2.75, 3.05) is 13.2 Å². The van der Waals surface area contributed by atoms with Crippen LogP contribution in [-0.4, -0.2) is 37.2 Å². The molecule has 0 amide bonds. The molecule has 0 aromatic heterocycles. The first kappa shape index (κ1) is 69.6. The molecule has 1 atom stereocenters. The molecule has 0 bridgehead atoms. The fraction of sp³-hybridized carbons (Fsp3) is 0.864. The molecule has 72 heavy (non-hydrogen) atoms. The molecule has 0 aromatic carbocycles. The minimum absolute atomic E-state index is 0.0706. The van der Waals surface area contributed by atoms with Gasteiger partial charge in [-0.05, 0) is 77.0 Å². The summed E-state index contributed by atoms with van der Waals surface area (Å²) in [5, 5.41) is 0. The summed E-state index contributed by atoms with van der Waals surface area (Å²) < 4.78 is 16.8. The van der Waals surface area contributed by atoms with Crippen LogP contribution in [0.1, 0.15) is 348 Å². The zero-order valence-corrected chi connectivity index (χ0v) is 48.5. The second kappa shape index (κ2) is 61.2. The molecule has 0 aliphatic carbocycles. The van der Waals surface area contributed by atoms with Crippen molar-refractivity contribution in [1.29, 1.82) is 0 Å². The van der Waals surface area contributed by atoms with Crippen molar-refractivity contribution in [3.63, 3.8) is 0 Å². The Labute approximate surface area is 448 Å². The van der Waals surface area contributed by atoms with E-state index in [2.05, 4.69) is 57.2 Å². The first-order valence-corrected chi connectivity index (χ1v) is 32.0. The van der Waals surface area contributed by atoms with Gasteiger partial charge in [-0.25, -0.2) is 0 Å². The van der Waals surface area contributed by atoms with Crippen LogP contribution >= 0.6 is 0 Å². The van der Waals surface area contributed by atoms with Gasteiger partial charge in [0.05, 0.1) is 0 Å². The van der Waals surface area contributed by atoms with Crippen LogP contribution in [0.2, 0.25) is 0 Å². The number of allylic oxidation sites excluding steroid dienone is 6. The third-order valence-electron chi connectivity index (χ3n) is 14.4. The molecular formula is C66H122O6. The largest absolute Gasteiger partial charge is 0.462 e. The van der Waals surface area contributed by atoms with Crippen molar-refractivity contribution in [2.45, 2.75) is 354 Å². The molecule has 0 rings (SSSR count). The lowest BCUT2D eigenvalue weighted by Crippen LogP contribution is -2.30. The monoisotopic (exact) mass is 1010 g/mol. The van der Waals surface area contributed by atoms with Crippen LogP contribution in [-0.2, 0) is 28.6 Å². The van der Waals surface area contributed by atoms with Crippen LogP contribution in [0.4, 0.5) is 0 Å². The van der Waals surface area contributed by atoms with E-state index in [4.69, 9.17) is 14.2 Å². The molecule has 422 valence electrons. The molecular weight excluding hydrogens is 889 g/mol. The van der Waals surface area contributed by atoms with Crippen LogP contribution < -0.4 is 0 Å². The van der Waals surface area contributed by atoms with Gasteiger partial charge in [0.2, 0.25) is 0 Å². The van der Waals surface area contributed by atoms with E-state index in [1.807, 2.05) is 0 Å². The summed E-state index contributed by atoms with van der Waals surface area (Å²) in [7, 11) is 0. The lowest BCUT2D eigenvalue weighted by atomic mass is 10.0. The second-order valence-corrected chi connectivity index (χ2v) is 21.7. The Balaban J connectivity index is 3.87. The van der Waals surface area contributed by atoms with Gasteiger partial charge in [-0.3, -0.25) is 14.4 Å². The maximum atomic E-state index is 12.8. The predicted molar refractivity (Wildman–Crippen MR) is 312 cm³/mol. The maximum Gasteiger partial charge on any atom is 0.306 e. The van der Waals surface area contributed by atoms with Gasteiger partial charge in [0.1, 0.15) is 13.2 Å². The Bertz CT molecular complexity index is 1210. The van der Waals surface area contributed by atoms with Crippen molar-refractivity contribution in [1.82, 2.24) is 0 Å². The summed E-state index contributed by atoms with van der Waals surface area (Å²) in [5.74, 6) is -0.870. The number of carbonyl (C=O) groups excluding carboxylic acids is 3. The summed E-state index contributed by atoms with van der Waals surface area (Å²) in [5.41, 5.74) is 0. The molecule has 0 aromatic rings. The highest BCUT2D eigenvalue weighted by Gasteiger charge is 2.19. The molecule has 6 heteroatoms. The van der Waals surface area contributed by atoms with Crippen molar-refractivity contribution < 1.29 is 28.6 Å². The lowest BCUT2D eigenvalue weighted by Gasteiger charge is -2.18. The average Bonchev–Trinajstić information content (AvgIpc) is 3.38. The van der Waals surface area contributed by atoms with Gasteiger partial charge < -0.3 is 14.2 Å². The van der Waals surface area contributed by atoms with E-state index in [-0.39, 0.29) is 31.1 Å². The third-order valence-corrected chi connectivity index (χ3v) is 14.4. The minimum Gasteiger partial charge on any atom is -0.462 e. The molecule has 0 radical (unpaired) electrons. The first-order chi connectivity index (χ1) is 35.5. The number of hydrogen-bond acceptors (Lipinski definition) is 6. The quantitative estimate of drug-likeness (QED) is 0.0261. The molecule has 0 aliphatic rings. The highest BCUT2D eigenvalue weighted by molar-refractivity contribution is 5.71. The lowest BCUT2D eigenvalue weighted by molar-refractivity contribution is -0.167. The Morgan fingerprint density at radius 3 is 0.806 bits per heavy atom. The summed E-state index contributed by atoms with van der Waals surface area (Å²) in [6, 6.07) is 0. The van der Waals surface area contributed by atoms with E-state index in [0.29, 0.717) is 19.3 Å². The zero-order valence-electron chi connectivity index (χ0n) is 48.5. The van der Waals surface area contributed by atoms with Crippen LogP contribution in [0, 0.1) is 0 Å². The van der Waals surface area contributed by atoms with Gasteiger partial charge in [0, 0.05) is 19.3 Å². The van der Waals surface area contributed by atoms with E-state index >= 15 is 0 Å². The highest BCUT2D eigenvalue weighted by Crippen LogP contribution is 2.18. The van der Waals surface area contributed by atoms with Gasteiger partial charge in [-0.2, -0.15) is 0 Å². The molecule has 0 N–H and O–H groups in total. The minimum atomic E-state index is -0.769. The van der Waals surface area contributed by atoms with Crippen LogP contribution in [0.15, 0.2) is 36.5 Å². The second-order valence-electron chi connectivity index (χ2n) is 21.7. The van der Waals surface area contributed by atoms with E-state index in [1.165, 1.54) is 238 Å². The average molecular weight is 1010 g/mol. The number of rotatable bonds is 59. The van der Waals surface area contributed by atoms with Gasteiger partial charge in [-0.15, -0.1) is 0 Å². The van der Waals surface area contributed by atoms with Crippen LogP contribution in [0.5, 0.6) is 0 Å². The molecule has 0 saturated carbocycles. The van der Waals surface area contributed by atoms with Gasteiger partial charge in [0.15, 0.2) is 6.10 Å². The van der Waals surface area contributed by atoms with Crippen molar-refractivity contribution >= 4 is 17.9 Å². The summed E-state index contributed by atoms with van der Waals surface area (Å²) in [6.45, 7) is 6.59. The molecule has 6 nitrogen and oxygen atoms in total. The van der Waals surface area contributed by atoms with E-state index in [1.54, 1.807) is 0 Å². The zero-order chi connectivity index (χ0) is 52.2. The number of carbonyl (C=O) groups is 3. The van der Waals surface area contributed by atoms with Crippen molar-refractivity contribution in [3.05, 3.63) is 36.5 Å². The molecule has 0 heterocycles. The predicted octanol–water partition coefficient (Wildman–Crippen LogP) is 21.6. The Hall–Kier alpha value is -2.37. The fourth-order valence-corrected chi connectivity index (χ4v) is 9.53. The van der Waals surface area contributed by atoms with Crippen molar-refractivity contribution in [2.24, 2.45) is 0 Å². The normalized spacial score (nSPS) is 12.2. The van der Waals surface area contributed by atoms with Crippen molar-refractivity contribution in [3.8, 4) is 0 Å². The Morgan fingerprint density at radius 1 is 0.278 bits per heavy atom. The van der Waals surface area contributed by atoms with Gasteiger partial charge in [0.25, 0.3) is 0 Å². The maximum absolute atomic E-state index is 12.8. The van der Waals surface area contributed by atoms with E-state index in [0.717, 1.165) is 70.6 Å². The summed E-state index contributed by atoms with van der Waals surface area (Å²) >= 11 is 0. The topological polar surface area (TPSA) is 78.9 Å². The molecule has 0 aliphatic heterocycles. The molecule has 0 fully saturated rings. The van der Waals surface area contributed by atoms with E-state index in [9.17, 15) is 14.4 Å². The molecule has 0 spiro atoms. The molecule has 0 saturated heterocycles. The van der Waals surface area contributed by atoms with E-state index < -0.39 is 6.10 Å². The van der Waals surface area contributed by atoms with Crippen LogP contribution in [0.3, 0.4) is 0 Å². The number of hydrogen-bond donors (Lipinski definition) is 0. The first-order valence-electron chi connectivity index (χ1n) is 32.0. The Morgan fingerprint density at radius 2 is 0.500 bits per heavy atom. The smallest absolute Gasteiger partial charge is 0.306 e. The highest BCUT2D eigenvalue weighted by atomic mass is 16.6. The Kier molecular flexibility index (Phi) is 59.2. The fourth-order valence-electron chi connectivity index (χ4n) is 9.53. The number of esters is 3. The molecule has 1 unspecified atom stereocenters.